The Morgan fingerprint density at radius 2 is 1.93 bits per heavy atom. The molecule has 146 valence electrons. The van der Waals surface area contributed by atoms with Crippen molar-refractivity contribution in [3.63, 3.8) is 0 Å². The Balaban J connectivity index is 1.52. The zero-order valence-corrected chi connectivity index (χ0v) is 16.7. The van der Waals surface area contributed by atoms with Gasteiger partial charge in [0, 0.05) is 23.9 Å². The molecule has 0 aliphatic carbocycles. The van der Waals surface area contributed by atoms with Crippen LogP contribution < -0.4 is 5.32 Å². The quantitative estimate of drug-likeness (QED) is 0.637. The van der Waals surface area contributed by atoms with Gasteiger partial charge in [0.15, 0.2) is 5.82 Å². The van der Waals surface area contributed by atoms with Crippen LogP contribution in [0.25, 0.3) is 0 Å². The van der Waals surface area contributed by atoms with Crippen LogP contribution in [0.4, 0.5) is 5.82 Å². The number of aromatic nitrogens is 3. The molecule has 6 nitrogen and oxygen atoms in total. The predicted molar refractivity (Wildman–Crippen MR) is 111 cm³/mol. The van der Waals surface area contributed by atoms with Gasteiger partial charge in [-0.25, -0.2) is 4.98 Å². The summed E-state index contributed by atoms with van der Waals surface area (Å²) < 4.78 is 6.97. The first-order chi connectivity index (χ1) is 14.1. The van der Waals surface area contributed by atoms with E-state index in [4.69, 9.17) is 27.9 Å². The first-order valence-corrected chi connectivity index (χ1v) is 9.72. The fourth-order valence-electron chi connectivity index (χ4n) is 2.98. The molecule has 0 bridgehead atoms. The highest BCUT2D eigenvalue weighted by molar-refractivity contribution is 6.35. The normalized spacial score (nSPS) is 15.6. The van der Waals surface area contributed by atoms with Crippen molar-refractivity contribution in [2.75, 3.05) is 18.5 Å². The minimum absolute atomic E-state index is 0.0256. The Bertz CT molecular complexity index is 1100. The maximum absolute atomic E-state index is 12.8. The van der Waals surface area contributed by atoms with Gasteiger partial charge in [-0.1, -0.05) is 53.2 Å². The fourth-order valence-corrected chi connectivity index (χ4v) is 3.41. The Hall–Kier alpha value is -2.85. The van der Waals surface area contributed by atoms with Crippen molar-refractivity contribution in [2.24, 2.45) is 0 Å². The third-order valence-corrected chi connectivity index (χ3v) is 4.98. The van der Waals surface area contributed by atoms with Gasteiger partial charge in [0.05, 0.1) is 28.9 Å². The lowest BCUT2D eigenvalue weighted by molar-refractivity contribution is 0.101. The van der Waals surface area contributed by atoms with Crippen LogP contribution in [0.1, 0.15) is 34.1 Å². The van der Waals surface area contributed by atoms with E-state index >= 15 is 0 Å². The first-order valence-electron chi connectivity index (χ1n) is 8.96. The molecule has 1 aliphatic heterocycles. The standard InChI is InChI=1S/C21H16Cl2N4O2/c22-17-10-15(7-6-14-4-2-1-3-5-14)11-24-20(17)26-21(28)19-18(23)12-25-27(19)16-8-9-29-13-16/h1-5,10-12,16H,8-9,13H2,(H,24,26,28). The van der Waals surface area contributed by atoms with Crippen LogP contribution in [0.2, 0.25) is 10.0 Å². The highest BCUT2D eigenvalue weighted by atomic mass is 35.5. The summed E-state index contributed by atoms with van der Waals surface area (Å²) in [7, 11) is 0. The van der Waals surface area contributed by atoms with E-state index in [9.17, 15) is 4.79 Å². The number of amides is 1. The van der Waals surface area contributed by atoms with Gasteiger partial charge in [-0.15, -0.1) is 0 Å². The van der Waals surface area contributed by atoms with Crippen molar-refractivity contribution in [2.45, 2.75) is 12.5 Å². The Morgan fingerprint density at radius 3 is 2.66 bits per heavy atom. The molecule has 1 N–H and O–H groups in total. The molecule has 1 atom stereocenters. The number of carbonyl (C=O) groups is 1. The zero-order chi connectivity index (χ0) is 20.2. The van der Waals surface area contributed by atoms with Crippen LogP contribution in [0, 0.1) is 11.8 Å². The average molecular weight is 427 g/mol. The maximum atomic E-state index is 12.8. The number of pyridine rings is 1. The van der Waals surface area contributed by atoms with Crippen LogP contribution in [0.5, 0.6) is 0 Å². The summed E-state index contributed by atoms with van der Waals surface area (Å²) in [6.45, 7) is 1.12. The first kappa shape index (κ1) is 19.5. The predicted octanol–water partition coefficient (Wildman–Crippen LogP) is 4.20. The summed E-state index contributed by atoms with van der Waals surface area (Å²) in [6.07, 6.45) is 3.78. The van der Waals surface area contributed by atoms with Gasteiger partial charge < -0.3 is 10.1 Å². The van der Waals surface area contributed by atoms with E-state index in [1.165, 1.54) is 6.20 Å². The number of nitrogens with zero attached hydrogens (tertiary/aromatic N) is 3. The molecule has 1 unspecified atom stereocenters. The molecule has 1 aliphatic rings. The number of halogens is 2. The third kappa shape index (κ3) is 4.43. The summed E-state index contributed by atoms with van der Waals surface area (Å²) in [4.78, 5) is 17.0. The van der Waals surface area contributed by atoms with E-state index in [1.54, 1.807) is 16.9 Å². The van der Waals surface area contributed by atoms with E-state index in [-0.39, 0.29) is 27.6 Å². The molecule has 1 amide bonds. The number of nitrogens with one attached hydrogen (secondary N) is 1. The molecule has 1 saturated heterocycles. The third-order valence-electron chi connectivity index (χ3n) is 4.42. The van der Waals surface area contributed by atoms with E-state index in [0.717, 1.165) is 12.0 Å². The number of hydrogen-bond donors (Lipinski definition) is 1. The highest BCUT2D eigenvalue weighted by Gasteiger charge is 2.26. The minimum atomic E-state index is -0.433. The largest absolute Gasteiger partial charge is 0.379 e. The highest BCUT2D eigenvalue weighted by Crippen LogP contribution is 2.26. The van der Waals surface area contributed by atoms with Gasteiger partial charge in [0.2, 0.25) is 0 Å². The zero-order valence-electron chi connectivity index (χ0n) is 15.2. The van der Waals surface area contributed by atoms with Gasteiger partial charge in [-0.05, 0) is 24.6 Å². The molecule has 29 heavy (non-hydrogen) atoms. The molecule has 4 rings (SSSR count). The maximum Gasteiger partial charge on any atom is 0.276 e. The second-order valence-electron chi connectivity index (χ2n) is 6.43. The van der Waals surface area contributed by atoms with E-state index in [0.29, 0.717) is 18.8 Å². The Kier molecular flexibility index (Phi) is 5.81. The number of hydrogen-bond acceptors (Lipinski definition) is 4. The van der Waals surface area contributed by atoms with E-state index < -0.39 is 5.91 Å². The summed E-state index contributed by atoms with van der Waals surface area (Å²) in [5, 5.41) is 7.47. The molecule has 0 spiro atoms. The van der Waals surface area contributed by atoms with Crippen LogP contribution in [-0.4, -0.2) is 33.9 Å². The molecule has 0 radical (unpaired) electrons. The number of benzene rings is 1. The lowest BCUT2D eigenvalue weighted by Crippen LogP contribution is -2.22. The van der Waals surface area contributed by atoms with E-state index in [2.05, 4.69) is 27.2 Å². The summed E-state index contributed by atoms with van der Waals surface area (Å²) in [6, 6.07) is 11.2. The molecule has 2 aromatic heterocycles. The molecule has 8 heteroatoms. The lowest BCUT2D eigenvalue weighted by Gasteiger charge is -2.13. The number of carbonyl (C=O) groups excluding carboxylic acids is 1. The number of rotatable bonds is 3. The van der Waals surface area contributed by atoms with Gasteiger partial charge in [-0.3, -0.25) is 9.48 Å². The smallest absolute Gasteiger partial charge is 0.276 e. The summed E-state index contributed by atoms with van der Waals surface area (Å²) in [5.41, 5.74) is 1.79. The van der Waals surface area contributed by atoms with Crippen LogP contribution in [0.3, 0.4) is 0 Å². The van der Waals surface area contributed by atoms with Crippen molar-refractivity contribution < 1.29 is 9.53 Å². The Labute approximate surface area is 177 Å². The summed E-state index contributed by atoms with van der Waals surface area (Å²) in [5.74, 6) is 5.84. The molecule has 3 aromatic rings. The second-order valence-corrected chi connectivity index (χ2v) is 7.24. The fraction of sp³-hybridized carbons (Fsp3) is 0.190. The average Bonchev–Trinajstić information content (AvgIpc) is 3.38. The van der Waals surface area contributed by atoms with Gasteiger partial charge in [-0.2, -0.15) is 5.10 Å². The molecule has 1 fully saturated rings. The molecule has 0 saturated carbocycles. The number of anilines is 1. The molecule has 3 heterocycles. The molecular formula is C21H16Cl2N4O2. The topological polar surface area (TPSA) is 69.0 Å². The Morgan fingerprint density at radius 1 is 1.14 bits per heavy atom. The van der Waals surface area contributed by atoms with Crippen molar-refractivity contribution in [1.29, 1.82) is 0 Å². The SMILES string of the molecule is O=C(Nc1ncc(C#Cc2ccccc2)cc1Cl)c1c(Cl)cnn1C1CCOC1. The number of ether oxygens (including phenoxy) is 1. The lowest BCUT2D eigenvalue weighted by atomic mass is 10.2. The van der Waals surface area contributed by atoms with Crippen LogP contribution >= 0.6 is 23.2 Å². The minimum Gasteiger partial charge on any atom is -0.379 e. The summed E-state index contributed by atoms with van der Waals surface area (Å²) >= 11 is 12.5. The van der Waals surface area contributed by atoms with Crippen molar-refractivity contribution >= 4 is 34.9 Å². The van der Waals surface area contributed by atoms with Crippen molar-refractivity contribution in [1.82, 2.24) is 14.8 Å². The van der Waals surface area contributed by atoms with Crippen LogP contribution in [0.15, 0.2) is 48.8 Å². The van der Waals surface area contributed by atoms with Crippen molar-refractivity contribution in [3.05, 3.63) is 75.7 Å². The monoisotopic (exact) mass is 426 g/mol. The van der Waals surface area contributed by atoms with Gasteiger partial charge in [0.25, 0.3) is 5.91 Å². The van der Waals surface area contributed by atoms with Crippen molar-refractivity contribution in [3.8, 4) is 11.8 Å². The van der Waals surface area contributed by atoms with Gasteiger partial charge >= 0.3 is 0 Å². The molecule has 1 aromatic carbocycles. The van der Waals surface area contributed by atoms with Crippen LogP contribution in [-0.2, 0) is 4.74 Å². The van der Waals surface area contributed by atoms with Gasteiger partial charge in [0.1, 0.15) is 5.69 Å². The van der Waals surface area contributed by atoms with E-state index in [1.807, 2.05) is 30.3 Å². The second kappa shape index (κ2) is 8.66. The molecular weight excluding hydrogens is 411 g/mol.